The summed E-state index contributed by atoms with van der Waals surface area (Å²) in [5, 5.41) is 14.4. The van der Waals surface area contributed by atoms with Crippen LogP contribution >= 0.6 is 0 Å². The van der Waals surface area contributed by atoms with Crippen molar-refractivity contribution in [3.8, 4) is 11.8 Å². The summed E-state index contributed by atoms with van der Waals surface area (Å²) in [5.41, 5.74) is 1.19. The van der Waals surface area contributed by atoms with Crippen molar-refractivity contribution in [3.05, 3.63) is 11.4 Å². The highest BCUT2D eigenvalue weighted by Gasteiger charge is 2.13. The Kier molecular flexibility index (Phi) is 3.22. The van der Waals surface area contributed by atoms with Gasteiger partial charge in [-0.3, -0.25) is 0 Å². The van der Waals surface area contributed by atoms with Crippen LogP contribution < -0.4 is 9.47 Å². The minimum absolute atomic E-state index is 0.225. The fourth-order valence-electron chi connectivity index (χ4n) is 1.11. The minimum atomic E-state index is -0.225. The molecule has 0 aliphatic heterocycles. The zero-order valence-electron chi connectivity index (χ0n) is 9.71. The zero-order valence-corrected chi connectivity index (χ0v) is 9.71. The normalized spacial score (nSPS) is 12.4. The molecule has 8 heteroatoms. The summed E-state index contributed by atoms with van der Waals surface area (Å²) in [4.78, 5) is 0. The van der Waals surface area contributed by atoms with Crippen LogP contribution in [0.4, 0.5) is 0 Å². The third kappa shape index (κ3) is 2.71. The molecule has 0 aromatic carbocycles. The van der Waals surface area contributed by atoms with Crippen LogP contribution in [0.5, 0.6) is 11.8 Å². The van der Waals surface area contributed by atoms with Gasteiger partial charge in [-0.05, 0) is 31.1 Å². The van der Waals surface area contributed by atoms with Gasteiger partial charge in [0.1, 0.15) is 24.1 Å². The summed E-state index contributed by atoms with van der Waals surface area (Å²) in [7, 11) is 0. The molecule has 0 spiro atoms. The van der Waals surface area contributed by atoms with Gasteiger partial charge in [0, 0.05) is 0 Å². The fourth-order valence-corrected chi connectivity index (χ4v) is 1.11. The van der Waals surface area contributed by atoms with E-state index in [1.165, 1.54) is 0 Å². The molecule has 2 rings (SSSR count). The van der Waals surface area contributed by atoms with Crippen LogP contribution in [0.2, 0.25) is 0 Å². The van der Waals surface area contributed by atoms with Crippen molar-refractivity contribution in [3.63, 3.8) is 0 Å². The Hall–Kier alpha value is -2.12. The van der Waals surface area contributed by atoms with E-state index in [4.69, 9.17) is 9.47 Å². The lowest BCUT2D eigenvalue weighted by Gasteiger charge is -2.11. The maximum Gasteiger partial charge on any atom is 0.279 e. The third-order valence-corrected chi connectivity index (χ3v) is 1.99. The Bertz CT molecular complexity index is 481. The van der Waals surface area contributed by atoms with Crippen LogP contribution in [0, 0.1) is 13.8 Å². The standard InChI is InChI=1S/C9H12N4O4/c1-5(15-9-7(3)11-17-13-9)4-14-8-6(2)10-16-12-8/h5H,4H2,1-3H3. The molecule has 2 aromatic rings. The second kappa shape index (κ2) is 4.81. The van der Waals surface area contributed by atoms with Crippen molar-refractivity contribution in [2.75, 3.05) is 6.61 Å². The van der Waals surface area contributed by atoms with Crippen molar-refractivity contribution in [1.82, 2.24) is 20.6 Å². The predicted octanol–water partition coefficient (Wildman–Crippen LogP) is 0.916. The summed E-state index contributed by atoms with van der Waals surface area (Å²) in [6.07, 6.45) is -0.225. The van der Waals surface area contributed by atoms with Crippen LogP contribution in [-0.2, 0) is 0 Å². The first-order valence-electron chi connectivity index (χ1n) is 5.04. The fraction of sp³-hybridized carbons (Fsp3) is 0.556. The molecule has 0 saturated heterocycles. The summed E-state index contributed by atoms with van der Waals surface area (Å²) in [6, 6.07) is 0. The average Bonchev–Trinajstić information content (AvgIpc) is 2.86. The van der Waals surface area contributed by atoms with E-state index in [2.05, 4.69) is 29.9 Å². The third-order valence-electron chi connectivity index (χ3n) is 1.99. The zero-order chi connectivity index (χ0) is 12.3. The van der Waals surface area contributed by atoms with Gasteiger partial charge in [0.25, 0.3) is 11.8 Å². The summed E-state index contributed by atoms with van der Waals surface area (Å²) in [6.45, 7) is 5.60. The molecule has 0 aliphatic carbocycles. The maximum atomic E-state index is 5.45. The Balaban J connectivity index is 1.84. The van der Waals surface area contributed by atoms with Gasteiger partial charge in [-0.1, -0.05) is 10.3 Å². The smallest absolute Gasteiger partial charge is 0.279 e. The SMILES string of the molecule is Cc1nonc1OCC(C)Oc1nonc1C. The van der Waals surface area contributed by atoms with E-state index >= 15 is 0 Å². The second-order valence-corrected chi connectivity index (χ2v) is 3.55. The van der Waals surface area contributed by atoms with Crippen LogP contribution in [0.25, 0.3) is 0 Å². The van der Waals surface area contributed by atoms with Gasteiger partial charge >= 0.3 is 0 Å². The molecule has 0 fully saturated rings. The second-order valence-electron chi connectivity index (χ2n) is 3.55. The van der Waals surface area contributed by atoms with E-state index < -0.39 is 0 Å². The molecule has 92 valence electrons. The lowest BCUT2D eigenvalue weighted by atomic mass is 10.4. The lowest BCUT2D eigenvalue weighted by molar-refractivity contribution is 0.124. The predicted molar refractivity (Wildman–Crippen MR) is 53.7 cm³/mol. The number of nitrogens with zero attached hydrogens (tertiary/aromatic N) is 4. The molecule has 0 N–H and O–H groups in total. The van der Waals surface area contributed by atoms with Crippen molar-refractivity contribution in [2.45, 2.75) is 26.9 Å². The van der Waals surface area contributed by atoms with Gasteiger partial charge in [0.2, 0.25) is 0 Å². The van der Waals surface area contributed by atoms with Crippen LogP contribution in [0.1, 0.15) is 18.3 Å². The molecule has 1 unspecified atom stereocenters. The largest absolute Gasteiger partial charge is 0.470 e. The van der Waals surface area contributed by atoms with E-state index in [1.807, 2.05) is 6.92 Å². The van der Waals surface area contributed by atoms with Crippen molar-refractivity contribution in [2.24, 2.45) is 0 Å². The Morgan fingerprint density at radius 3 is 2.12 bits per heavy atom. The van der Waals surface area contributed by atoms with Crippen LogP contribution in [-0.4, -0.2) is 33.3 Å². The molecule has 8 nitrogen and oxygen atoms in total. The number of hydrogen-bond donors (Lipinski definition) is 0. The lowest BCUT2D eigenvalue weighted by Crippen LogP contribution is -2.21. The monoisotopic (exact) mass is 240 g/mol. The molecule has 0 radical (unpaired) electrons. The maximum absolute atomic E-state index is 5.45. The first kappa shape index (κ1) is 11.4. The van der Waals surface area contributed by atoms with Crippen molar-refractivity contribution in [1.29, 1.82) is 0 Å². The van der Waals surface area contributed by atoms with Crippen LogP contribution in [0.15, 0.2) is 9.26 Å². The highest BCUT2D eigenvalue weighted by Crippen LogP contribution is 2.14. The molecule has 2 heterocycles. The minimum Gasteiger partial charge on any atom is -0.470 e. The highest BCUT2D eigenvalue weighted by molar-refractivity contribution is 5.13. The number of ether oxygens (including phenoxy) is 2. The van der Waals surface area contributed by atoms with E-state index in [-0.39, 0.29) is 6.10 Å². The molecule has 2 aromatic heterocycles. The molecule has 17 heavy (non-hydrogen) atoms. The first-order valence-corrected chi connectivity index (χ1v) is 5.04. The molecular weight excluding hydrogens is 228 g/mol. The van der Waals surface area contributed by atoms with Crippen LogP contribution in [0.3, 0.4) is 0 Å². The Morgan fingerprint density at radius 2 is 1.59 bits per heavy atom. The molecule has 0 aliphatic rings. The van der Waals surface area contributed by atoms with E-state index in [9.17, 15) is 0 Å². The summed E-state index contributed by atoms with van der Waals surface area (Å²) >= 11 is 0. The quantitative estimate of drug-likeness (QED) is 0.760. The van der Waals surface area contributed by atoms with E-state index in [0.717, 1.165) is 0 Å². The molecular formula is C9H12N4O4. The number of rotatable bonds is 5. The average molecular weight is 240 g/mol. The first-order chi connectivity index (χ1) is 8.16. The number of aryl methyl sites for hydroxylation is 2. The highest BCUT2D eigenvalue weighted by atomic mass is 16.6. The van der Waals surface area contributed by atoms with Gasteiger partial charge in [-0.15, -0.1) is 0 Å². The Morgan fingerprint density at radius 1 is 1.00 bits per heavy atom. The van der Waals surface area contributed by atoms with Gasteiger partial charge < -0.3 is 9.47 Å². The number of hydrogen-bond acceptors (Lipinski definition) is 8. The van der Waals surface area contributed by atoms with Gasteiger partial charge in [0.15, 0.2) is 0 Å². The van der Waals surface area contributed by atoms with Gasteiger partial charge in [0.05, 0.1) is 0 Å². The van der Waals surface area contributed by atoms with Crippen molar-refractivity contribution >= 4 is 0 Å². The molecule has 0 saturated carbocycles. The molecule has 0 bridgehead atoms. The topological polar surface area (TPSA) is 96.3 Å². The van der Waals surface area contributed by atoms with E-state index in [1.54, 1.807) is 13.8 Å². The number of aromatic nitrogens is 4. The summed E-state index contributed by atoms with van der Waals surface area (Å²) < 4.78 is 19.8. The molecule has 0 amide bonds. The summed E-state index contributed by atoms with van der Waals surface area (Å²) in [5.74, 6) is 0.714. The van der Waals surface area contributed by atoms with Gasteiger partial charge in [-0.2, -0.15) is 0 Å². The van der Waals surface area contributed by atoms with E-state index in [0.29, 0.717) is 29.8 Å². The van der Waals surface area contributed by atoms with Crippen molar-refractivity contribution < 1.29 is 18.7 Å². The van der Waals surface area contributed by atoms with Gasteiger partial charge in [-0.25, -0.2) is 9.26 Å². The molecule has 1 atom stereocenters. The Labute approximate surface area is 96.8 Å².